The first kappa shape index (κ1) is 37.1. The van der Waals surface area contributed by atoms with E-state index in [4.69, 9.17) is 0 Å². The number of nitrogens with zero attached hydrogens (tertiary/aromatic N) is 1. The highest BCUT2D eigenvalue weighted by molar-refractivity contribution is 6.23. The normalized spacial score (nSPS) is 13.6. The standard InChI is InChI=1S/C62H45N/c1-62(2)57-31-19-18-30-49(57)50-34-32-48(39-58(50)62)63(46-28-16-7-17-29-46)47-33-35-51-55(38-47)61(44-26-14-6-15-27-44)56-40-53-45(37-54(56)59(51)42-22-10-4-11-23-42)36-52(41-20-8-3-9-21-41)60(53)43-24-12-5-13-25-43/h3-35,37-40H,36H2,1-2H3. The second-order valence-electron chi connectivity index (χ2n) is 17.6. The molecule has 2 aliphatic rings. The summed E-state index contributed by atoms with van der Waals surface area (Å²) in [5.41, 5.74) is 21.5. The minimum absolute atomic E-state index is 0.120. The van der Waals surface area contributed by atoms with Crippen LogP contribution >= 0.6 is 0 Å². The third-order valence-corrected chi connectivity index (χ3v) is 13.7. The maximum Gasteiger partial charge on any atom is 0.0468 e. The van der Waals surface area contributed by atoms with Gasteiger partial charge in [-0.25, -0.2) is 0 Å². The maximum atomic E-state index is 2.53. The largest absolute Gasteiger partial charge is 0.310 e. The number of rotatable bonds is 7. The third kappa shape index (κ3) is 5.99. The van der Waals surface area contributed by atoms with Gasteiger partial charge in [-0.15, -0.1) is 0 Å². The zero-order valence-corrected chi connectivity index (χ0v) is 35.5. The average molecular weight is 804 g/mol. The van der Waals surface area contributed by atoms with Gasteiger partial charge in [0.15, 0.2) is 0 Å². The van der Waals surface area contributed by atoms with Crippen LogP contribution in [0.3, 0.4) is 0 Å². The fourth-order valence-corrected chi connectivity index (χ4v) is 10.8. The van der Waals surface area contributed by atoms with Crippen LogP contribution in [0.2, 0.25) is 0 Å². The number of para-hydroxylation sites is 1. The predicted molar refractivity (Wildman–Crippen MR) is 267 cm³/mol. The zero-order chi connectivity index (χ0) is 42.1. The van der Waals surface area contributed by atoms with Crippen LogP contribution in [0, 0.1) is 0 Å². The first-order valence-electron chi connectivity index (χ1n) is 22.1. The first-order valence-corrected chi connectivity index (χ1v) is 22.1. The van der Waals surface area contributed by atoms with Gasteiger partial charge in [-0.1, -0.05) is 190 Å². The molecule has 0 radical (unpaired) electrons. The lowest BCUT2D eigenvalue weighted by atomic mass is 9.82. The molecule has 0 saturated carbocycles. The molecule has 0 aliphatic heterocycles. The molecule has 0 saturated heterocycles. The van der Waals surface area contributed by atoms with E-state index in [1.165, 1.54) is 99.5 Å². The fourth-order valence-electron chi connectivity index (χ4n) is 10.8. The van der Waals surface area contributed by atoms with E-state index in [-0.39, 0.29) is 5.41 Å². The topological polar surface area (TPSA) is 3.24 Å². The Balaban J connectivity index is 1.16. The van der Waals surface area contributed by atoms with Crippen LogP contribution in [0.1, 0.15) is 47.2 Å². The summed E-state index contributed by atoms with van der Waals surface area (Å²) < 4.78 is 0. The monoisotopic (exact) mass is 803 g/mol. The van der Waals surface area contributed by atoms with E-state index >= 15 is 0 Å². The molecule has 0 fully saturated rings. The summed E-state index contributed by atoms with van der Waals surface area (Å²) in [6.45, 7) is 4.73. The minimum atomic E-state index is -0.120. The number of hydrogen-bond donors (Lipinski definition) is 0. The van der Waals surface area contributed by atoms with Gasteiger partial charge >= 0.3 is 0 Å². The maximum absolute atomic E-state index is 2.53. The number of hydrogen-bond acceptors (Lipinski definition) is 1. The van der Waals surface area contributed by atoms with Gasteiger partial charge in [-0.2, -0.15) is 0 Å². The Morgan fingerprint density at radius 1 is 0.349 bits per heavy atom. The van der Waals surface area contributed by atoms with Gasteiger partial charge in [-0.3, -0.25) is 0 Å². The van der Waals surface area contributed by atoms with Crippen molar-refractivity contribution in [1.29, 1.82) is 0 Å². The predicted octanol–water partition coefficient (Wildman–Crippen LogP) is 16.6. The summed E-state index contributed by atoms with van der Waals surface area (Å²) >= 11 is 0. The van der Waals surface area contributed by atoms with Gasteiger partial charge in [-0.05, 0) is 154 Å². The van der Waals surface area contributed by atoms with E-state index in [9.17, 15) is 0 Å². The van der Waals surface area contributed by atoms with Crippen LogP contribution in [-0.4, -0.2) is 0 Å². The van der Waals surface area contributed by atoms with Crippen molar-refractivity contribution in [3.63, 3.8) is 0 Å². The van der Waals surface area contributed by atoms with Crippen LogP contribution in [0.25, 0.3) is 66.1 Å². The van der Waals surface area contributed by atoms with Crippen molar-refractivity contribution in [2.24, 2.45) is 0 Å². The van der Waals surface area contributed by atoms with Gasteiger partial charge in [0.25, 0.3) is 0 Å². The molecular formula is C62H45N. The lowest BCUT2D eigenvalue weighted by molar-refractivity contribution is 0.660. The van der Waals surface area contributed by atoms with Crippen LogP contribution in [0.4, 0.5) is 17.1 Å². The number of benzene rings is 10. The smallest absolute Gasteiger partial charge is 0.0468 e. The molecule has 1 nitrogen and oxygen atoms in total. The molecule has 0 unspecified atom stereocenters. The molecule has 298 valence electrons. The van der Waals surface area contributed by atoms with E-state index in [2.05, 4.69) is 243 Å². The summed E-state index contributed by atoms with van der Waals surface area (Å²) in [5.74, 6) is 0. The number of allylic oxidation sites excluding steroid dienone is 1. The third-order valence-electron chi connectivity index (χ3n) is 13.7. The quantitative estimate of drug-likeness (QED) is 0.145. The van der Waals surface area contributed by atoms with E-state index in [0.717, 1.165) is 23.5 Å². The number of fused-ring (bicyclic) bond motifs is 6. The summed E-state index contributed by atoms with van der Waals surface area (Å²) in [6.07, 6.45) is 0.875. The Hall–Kier alpha value is -7.74. The van der Waals surface area contributed by atoms with Crippen LogP contribution in [0.15, 0.2) is 224 Å². The summed E-state index contributed by atoms with van der Waals surface area (Å²) in [6, 6.07) is 83.2. The van der Waals surface area contributed by atoms with Crippen molar-refractivity contribution in [3.8, 4) is 33.4 Å². The SMILES string of the molecule is CC1(C)c2ccccc2-c2ccc(N(c3ccccc3)c3ccc4c(-c5ccccc5)c5cc6c(cc5c(-c5ccccc5)c4c3)C(c3ccccc3)=C(c3ccccc3)C6)cc21. The molecule has 0 N–H and O–H groups in total. The molecule has 0 spiro atoms. The van der Waals surface area contributed by atoms with Crippen molar-refractivity contribution in [3.05, 3.63) is 258 Å². The summed E-state index contributed by atoms with van der Waals surface area (Å²) in [7, 11) is 0. The highest BCUT2D eigenvalue weighted by Gasteiger charge is 2.36. The molecule has 2 aliphatic carbocycles. The minimum Gasteiger partial charge on any atom is -0.310 e. The van der Waals surface area contributed by atoms with E-state index < -0.39 is 0 Å². The molecule has 12 rings (SSSR count). The van der Waals surface area contributed by atoms with Gasteiger partial charge in [0.2, 0.25) is 0 Å². The Labute approximate surface area is 369 Å². The molecule has 1 heteroatoms. The van der Waals surface area contributed by atoms with Gasteiger partial charge < -0.3 is 4.90 Å². The lowest BCUT2D eigenvalue weighted by Gasteiger charge is -2.29. The Kier molecular flexibility index (Phi) is 8.66. The Morgan fingerprint density at radius 3 is 1.51 bits per heavy atom. The Morgan fingerprint density at radius 2 is 0.841 bits per heavy atom. The van der Waals surface area contributed by atoms with Crippen molar-refractivity contribution >= 4 is 49.8 Å². The van der Waals surface area contributed by atoms with Crippen LogP contribution in [-0.2, 0) is 11.8 Å². The molecule has 10 aromatic rings. The van der Waals surface area contributed by atoms with E-state index in [0.29, 0.717) is 0 Å². The fraction of sp³-hybridized carbons (Fsp3) is 0.0645. The molecule has 63 heavy (non-hydrogen) atoms. The van der Waals surface area contributed by atoms with Crippen molar-refractivity contribution < 1.29 is 0 Å². The summed E-state index contributed by atoms with van der Waals surface area (Å²) in [5, 5.41) is 5.01. The molecule has 0 aromatic heterocycles. The van der Waals surface area contributed by atoms with E-state index in [1.807, 2.05) is 0 Å². The highest BCUT2D eigenvalue weighted by Crippen LogP contribution is 2.53. The Bertz CT molecular complexity index is 3400. The van der Waals surface area contributed by atoms with Gasteiger partial charge in [0, 0.05) is 22.5 Å². The lowest BCUT2D eigenvalue weighted by Crippen LogP contribution is -2.16. The molecule has 0 heterocycles. The van der Waals surface area contributed by atoms with E-state index in [1.54, 1.807) is 0 Å². The molecule has 0 atom stereocenters. The highest BCUT2D eigenvalue weighted by atomic mass is 15.1. The van der Waals surface area contributed by atoms with Gasteiger partial charge in [0.05, 0.1) is 0 Å². The molecular weight excluding hydrogens is 759 g/mol. The second kappa shape index (κ2) is 14.7. The van der Waals surface area contributed by atoms with Crippen molar-refractivity contribution in [1.82, 2.24) is 0 Å². The van der Waals surface area contributed by atoms with Crippen LogP contribution < -0.4 is 4.90 Å². The number of anilines is 3. The average Bonchev–Trinajstić information content (AvgIpc) is 3.83. The van der Waals surface area contributed by atoms with Crippen molar-refractivity contribution in [2.45, 2.75) is 25.7 Å². The second-order valence-corrected chi connectivity index (χ2v) is 17.6. The zero-order valence-electron chi connectivity index (χ0n) is 35.5. The van der Waals surface area contributed by atoms with Gasteiger partial charge in [0.1, 0.15) is 0 Å². The molecule has 0 amide bonds. The first-order chi connectivity index (χ1) is 31.0. The summed E-state index contributed by atoms with van der Waals surface area (Å²) in [4.78, 5) is 2.45. The molecule has 10 aromatic carbocycles. The molecule has 0 bridgehead atoms. The van der Waals surface area contributed by atoms with Crippen LogP contribution in [0.5, 0.6) is 0 Å². The van der Waals surface area contributed by atoms with Crippen molar-refractivity contribution in [2.75, 3.05) is 4.90 Å².